The van der Waals surface area contributed by atoms with E-state index in [1.54, 1.807) is 43.3 Å². The fraction of sp³-hybridized carbons (Fsp3) is 0.278. The van der Waals surface area contributed by atoms with Crippen LogP contribution in [-0.4, -0.2) is 40.4 Å². The van der Waals surface area contributed by atoms with Gasteiger partial charge >= 0.3 is 5.97 Å². The Morgan fingerprint density at radius 2 is 2.00 bits per heavy atom. The summed E-state index contributed by atoms with van der Waals surface area (Å²) in [4.78, 5) is 37.8. The summed E-state index contributed by atoms with van der Waals surface area (Å²) in [5.74, 6) is -1.83. The molecule has 0 unspecified atom stereocenters. The number of aryl methyl sites for hydroxylation is 1. The molecular formula is C18H18N2O5. The molecule has 1 saturated heterocycles. The molecule has 2 heterocycles. The van der Waals surface area contributed by atoms with Gasteiger partial charge < -0.3 is 19.7 Å². The molecule has 2 N–H and O–H groups in total. The molecule has 3 rings (SSSR count). The zero-order chi connectivity index (χ0) is 18.0. The van der Waals surface area contributed by atoms with E-state index in [4.69, 9.17) is 4.42 Å². The maximum atomic E-state index is 12.6. The van der Waals surface area contributed by atoms with Crippen LogP contribution < -0.4 is 5.32 Å². The number of carbonyl (C=O) groups excluding carboxylic acids is 2. The number of aliphatic carboxylic acids is 1. The molecule has 7 heteroatoms. The molecule has 0 radical (unpaired) electrons. The van der Waals surface area contributed by atoms with Crippen molar-refractivity contribution in [2.75, 3.05) is 6.54 Å². The number of carboxylic acid groups (broad SMARTS) is 1. The van der Waals surface area contributed by atoms with E-state index in [9.17, 15) is 19.5 Å². The van der Waals surface area contributed by atoms with E-state index in [2.05, 4.69) is 5.32 Å². The standard InChI is InChI=1S/C18H18N2O5/c1-11-8-10-25-15(11)16(21)19-13-7-9-20(17(13)22)14(18(23)24)12-5-3-2-4-6-12/h2-6,8,10,13-14H,7,9H2,1H3,(H,19,21)(H,23,24)/t13-,14+/m0/s1. The number of benzene rings is 1. The van der Waals surface area contributed by atoms with Gasteiger partial charge in [-0.1, -0.05) is 30.3 Å². The number of nitrogens with zero attached hydrogens (tertiary/aromatic N) is 1. The maximum Gasteiger partial charge on any atom is 0.331 e. The molecule has 1 fully saturated rings. The van der Waals surface area contributed by atoms with Crippen LogP contribution in [0.15, 0.2) is 47.1 Å². The van der Waals surface area contributed by atoms with Gasteiger partial charge in [-0.15, -0.1) is 0 Å². The molecule has 2 atom stereocenters. The average Bonchev–Trinajstić information content (AvgIpc) is 3.16. The van der Waals surface area contributed by atoms with Gasteiger partial charge in [0.05, 0.1) is 6.26 Å². The lowest BCUT2D eigenvalue weighted by Crippen LogP contribution is -2.43. The van der Waals surface area contributed by atoms with Crippen LogP contribution in [0.1, 0.15) is 34.1 Å². The Kier molecular flexibility index (Phi) is 4.56. The molecule has 0 aliphatic carbocycles. The molecule has 2 aromatic rings. The molecule has 0 bridgehead atoms. The van der Waals surface area contributed by atoms with Crippen molar-refractivity contribution in [1.29, 1.82) is 0 Å². The number of likely N-dealkylation sites (tertiary alicyclic amines) is 1. The van der Waals surface area contributed by atoms with Crippen molar-refractivity contribution in [2.24, 2.45) is 0 Å². The third kappa shape index (κ3) is 3.26. The molecule has 0 spiro atoms. The second-order valence-electron chi connectivity index (χ2n) is 5.93. The normalized spacial score (nSPS) is 18.2. The summed E-state index contributed by atoms with van der Waals surface area (Å²) in [6.45, 7) is 1.99. The number of furan rings is 1. The minimum Gasteiger partial charge on any atom is -0.479 e. The van der Waals surface area contributed by atoms with Gasteiger partial charge in [0.25, 0.3) is 5.91 Å². The predicted octanol–water partition coefficient (Wildman–Crippen LogP) is 1.74. The number of amides is 2. The Hall–Kier alpha value is -3.09. The summed E-state index contributed by atoms with van der Waals surface area (Å²) >= 11 is 0. The van der Waals surface area contributed by atoms with Crippen molar-refractivity contribution < 1.29 is 23.9 Å². The van der Waals surface area contributed by atoms with E-state index < -0.39 is 29.9 Å². The van der Waals surface area contributed by atoms with Gasteiger partial charge in [0.1, 0.15) is 6.04 Å². The number of nitrogens with one attached hydrogen (secondary N) is 1. The van der Waals surface area contributed by atoms with E-state index in [1.165, 1.54) is 11.2 Å². The number of hydrogen-bond acceptors (Lipinski definition) is 4. The van der Waals surface area contributed by atoms with Gasteiger partial charge in [-0.3, -0.25) is 9.59 Å². The molecule has 7 nitrogen and oxygen atoms in total. The zero-order valence-electron chi connectivity index (χ0n) is 13.6. The Morgan fingerprint density at radius 1 is 1.28 bits per heavy atom. The second-order valence-corrected chi connectivity index (χ2v) is 5.93. The lowest BCUT2D eigenvalue weighted by molar-refractivity contribution is -0.149. The van der Waals surface area contributed by atoms with Gasteiger partial charge in [-0.2, -0.15) is 0 Å². The maximum absolute atomic E-state index is 12.6. The van der Waals surface area contributed by atoms with Crippen LogP contribution in [0.2, 0.25) is 0 Å². The molecule has 2 amide bonds. The first-order valence-corrected chi connectivity index (χ1v) is 7.92. The van der Waals surface area contributed by atoms with E-state index in [0.717, 1.165) is 0 Å². The average molecular weight is 342 g/mol. The summed E-state index contributed by atoms with van der Waals surface area (Å²) in [5.41, 5.74) is 1.20. The topological polar surface area (TPSA) is 99.8 Å². The van der Waals surface area contributed by atoms with Crippen LogP contribution in [0.5, 0.6) is 0 Å². The van der Waals surface area contributed by atoms with Crippen molar-refractivity contribution in [1.82, 2.24) is 10.2 Å². The van der Waals surface area contributed by atoms with Crippen molar-refractivity contribution in [3.63, 3.8) is 0 Å². The van der Waals surface area contributed by atoms with E-state index in [1.807, 2.05) is 0 Å². The minimum atomic E-state index is -1.10. The fourth-order valence-electron chi connectivity index (χ4n) is 3.01. The Labute approximate surface area is 144 Å². The monoisotopic (exact) mass is 342 g/mol. The highest BCUT2D eigenvalue weighted by Gasteiger charge is 2.40. The molecule has 0 saturated carbocycles. The first-order chi connectivity index (χ1) is 12.0. The van der Waals surface area contributed by atoms with Gasteiger partial charge in [-0.25, -0.2) is 4.79 Å². The van der Waals surface area contributed by atoms with Crippen molar-refractivity contribution in [3.05, 3.63) is 59.5 Å². The number of carboxylic acids is 1. The largest absolute Gasteiger partial charge is 0.479 e. The Balaban J connectivity index is 1.75. The second kappa shape index (κ2) is 6.80. The summed E-state index contributed by atoms with van der Waals surface area (Å²) < 4.78 is 5.12. The van der Waals surface area contributed by atoms with Gasteiger partial charge in [0.2, 0.25) is 5.91 Å². The molecule has 1 aromatic heterocycles. The quantitative estimate of drug-likeness (QED) is 0.862. The van der Waals surface area contributed by atoms with Gasteiger partial charge in [-0.05, 0) is 25.0 Å². The van der Waals surface area contributed by atoms with Crippen LogP contribution in [0.4, 0.5) is 0 Å². The van der Waals surface area contributed by atoms with Crippen LogP contribution >= 0.6 is 0 Å². The first kappa shape index (κ1) is 16.8. The molecule has 1 aromatic carbocycles. The Morgan fingerprint density at radius 3 is 2.60 bits per heavy atom. The summed E-state index contributed by atoms with van der Waals surface area (Å²) in [6, 6.07) is 8.41. The highest BCUT2D eigenvalue weighted by Crippen LogP contribution is 2.26. The molecular weight excluding hydrogens is 324 g/mol. The lowest BCUT2D eigenvalue weighted by atomic mass is 10.1. The highest BCUT2D eigenvalue weighted by molar-refractivity contribution is 5.98. The van der Waals surface area contributed by atoms with Crippen LogP contribution in [-0.2, 0) is 9.59 Å². The van der Waals surface area contributed by atoms with Gasteiger partial charge in [0.15, 0.2) is 11.8 Å². The number of carbonyl (C=O) groups is 3. The minimum absolute atomic E-state index is 0.157. The van der Waals surface area contributed by atoms with Gasteiger partial charge in [0, 0.05) is 12.1 Å². The molecule has 25 heavy (non-hydrogen) atoms. The highest BCUT2D eigenvalue weighted by atomic mass is 16.4. The molecule has 130 valence electrons. The van der Waals surface area contributed by atoms with Crippen molar-refractivity contribution >= 4 is 17.8 Å². The smallest absolute Gasteiger partial charge is 0.331 e. The van der Waals surface area contributed by atoms with E-state index in [0.29, 0.717) is 17.5 Å². The molecule has 1 aliphatic heterocycles. The first-order valence-electron chi connectivity index (χ1n) is 7.92. The number of rotatable bonds is 5. The fourth-order valence-corrected chi connectivity index (χ4v) is 3.01. The van der Waals surface area contributed by atoms with Crippen molar-refractivity contribution in [3.8, 4) is 0 Å². The van der Waals surface area contributed by atoms with Crippen LogP contribution in [0.3, 0.4) is 0 Å². The predicted molar refractivity (Wildman–Crippen MR) is 87.8 cm³/mol. The van der Waals surface area contributed by atoms with Crippen molar-refractivity contribution in [2.45, 2.75) is 25.4 Å². The SMILES string of the molecule is Cc1ccoc1C(=O)N[C@H]1CCN([C@@H](C(=O)O)c2ccccc2)C1=O. The molecule has 1 aliphatic rings. The van der Waals surface area contributed by atoms with Crippen LogP contribution in [0, 0.1) is 6.92 Å². The summed E-state index contributed by atoms with van der Waals surface area (Å²) in [7, 11) is 0. The van der Waals surface area contributed by atoms with E-state index >= 15 is 0 Å². The zero-order valence-corrected chi connectivity index (χ0v) is 13.6. The third-order valence-electron chi connectivity index (χ3n) is 4.27. The van der Waals surface area contributed by atoms with Crippen LogP contribution in [0.25, 0.3) is 0 Å². The van der Waals surface area contributed by atoms with E-state index in [-0.39, 0.29) is 12.3 Å². The number of hydrogen-bond donors (Lipinski definition) is 2. The Bertz CT molecular complexity index is 799. The third-order valence-corrected chi connectivity index (χ3v) is 4.27. The summed E-state index contributed by atoms with van der Waals surface area (Å²) in [5, 5.41) is 12.2. The summed E-state index contributed by atoms with van der Waals surface area (Å²) in [6.07, 6.45) is 1.75. The lowest BCUT2D eigenvalue weighted by Gasteiger charge is -2.25.